The highest BCUT2D eigenvalue weighted by molar-refractivity contribution is 8.27. The maximum absolute atomic E-state index is 12.9. The van der Waals surface area contributed by atoms with Gasteiger partial charge < -0.3 is 4.42 Å². The molecule has 2 aromatic carbocycles. The summed E-state index contributed by atoms with van der Waals surface area (Å²) < 4.78 is 6.06. The second-order valence-electron chi connectivity index (χ2n) is 6.24. The molecule has 0 atom stereocenters. The van der Waals surface area contributed by atoms with E-state index in [1.54, 1.807) is 30.3 Å². The molecule has 0 unspecified atom stereocenters. The van der Waals surface area contributed by atoms with E-state index in [-0.39, 0.29) is 27.9 Å². The first kappa shape index (κ1) is 21.9. The summed E-state index contributed by atoms with van der Waals surface area (Å²) in [5.74, 6) is 0.271. The van der Waals surface area contributed by atoms with E-state index in [0.717, 1.165) is 11.8 Å². The lowest BCUT2D eigenvalue weighted by Crippen LogP contribution is -2.27. The average molecular weight is 512 g/mol. The van der Waals surface area contributed by atoms with Crippen LogP contribution in [0.3, 0.4) is 0 Å². The summed E-state index contributed by atoms with van der Waals surface area (Å²) in [4.78, 5) is 25.4. The molecule has 1 fully saturated rings. The molecule has 3 aromatic rings. The van der Waals surface area contributed by atoms with E-state index in [1.807, 2.05) is 0 Å². The van der Waals surface area contributed by atoms with E-state index in [4.69, 9.17) is 51.4 Å². The van der Waals surface area contributed by atoms with Crippen LogP contribution in [0.5, 0.6) is 0 Å². The molecule has 0 aliphatic carbocycles. The van der Waals surface area contributed by atoms with E-state index < -0.39 is 4.92 Å². The van der Waals surface area contributed by atoms with E-state index >= 15 is 0 Å². The van der Waals surface area contributed by atoms with Crippen LogP contribution in [0.4, 0.5) is 11.4 Å². The lowest BCUT2D eigenvalue weighted by molar-refractivity contribution is -0.384. The van der Waals surface area contributed by atoms with Crippen molar-refractivity contribution in [2.24, 2.45) is 0 Å². The third-order valence-electron chi connectivity index (χ3n) is 4.28. The van der Waals surface area contributed by atoms with Crippen molar-refractivity contribution in [1.82, 2.24) is 0 Å². The number of amides is 1. The number of nitro groups is 1. The quantitative estimate of drug-likeness (QED) is 0.159. The summed E-state index contributed by atoms with van der Waals surface area (Å²) in [6.07, 6.45) is 1.53. The number of hydrogen-bond acceptors (Lipinski definition) is 6. The van der Waals surface area contributed by atoms with Crippen molar-refractivity contribution in [3.63, 3.8) is 0 Å². The molecule has 1 amide bonds. The molecule has 2 heterocycles. The number of benzene rings is 2. The third kappa shape index (κ3) is 4.35. The number of halogens is 3. The fourth-order valence-electron chi connectivity index (χ4n) is 2.88. The highest BCUT2D eigenvalue weighted by Gasteiger charge is 2.34. The van der Waals surface area contributed by atoms with Gasteiger partial charge in [0.05, 0.1) is 31.1 Å². The Balaban J connectivity index is 1.64. The van der Waals surface area contributed by atoms with Crippen molar-refractivity contribution in [1.29, 1.82) is 0 Å². The molecule has 0 bridgehead atoms. The van der Waals surface area contributed by atoms with Crippen LogP contribution < -0.4 is 4.90 Å². The van der Waals surface area contributed by atoms with Crippen molar-refractivity contribution in [2.75, 3.05) is 4.90 Å². The summed E-state index contributed by atoms with van der Waals surface area (Å²) in [7, 11) is 0. The largest absolute Gasteiger partial charge is 0.456 e. The fraction of sp³-hybridized carbons (Fsp3) is 0. The van der Waals surface area contributed by atoms with Gasteiger partial charge in [-0.05, 0) is 42.5 Å². The molecule has 31 heavy (non-hydrogen) atoms. The van der Waals surface area contributed by atoms with Gasteiger partial charge in [-0.25, -0.2) is 0 Å². The molecule has 0 N–H and O–H groups in total. The topological polar surface area (TPSA) is 76.6 Å². The Hall–Kier alpha value is -2.36. The van der Waals surface area contributed by atoms with Crippen molar-refractivity contribution in [3.05, 3.63) is 84.4 Å². The fourth-order valence-corrected chi connectivity index (χ4v) is 4.62. The van der Waals surface area contributed by atoms with Crippen molar-refractivity contribution in [3.8, 4) is 11.3 Å². The number of rotatable bonds is 4. The molecule has 1 saturated heterocycles. The van der Waals surface area contributed by atoms with Crippen LogP contribution >= 0.6 is 58.8 Å². The summed E-state index contributed by atoms with van der Waals surface area (Å²) >= 11 is 24.3. The van der Waals surface area contributed by atoms with Gasteiger partial charge in [-0.15, -0.1) is 0 Å². The highest BCUT2D eigenvalue weighted by atomic mass is 35.5. The molecule has 1 aromatic heterocycles. The zero-order chi connectivity index (χ0) is 22.3. The summed E-state index contributed by atoms with van der Waals surface area (Å²) in [6.45, 7) is 0. The molecule has 11 heteroatoms. The molecule has 6 nitrogen and oxygen atoms in total. The highest BCUT2D eigenvalue weighted by Crippen LogP contribution is 2.39. The predicted molar refractivity (Wildman–Crippen MR) is 128 cm³/mol. The lowest BCUT2D eigenvalue weighted by Gasteiger charge is -2.15. The van der Waals surface area contributed by atoms with Crippen LogP contribution in [-0.2, 0) is 4.79 Å². The van der Waals surface area contributed by atoms with Crippen LogP contribution in [0.1, 0.15) is 5.76 Å². The van der Waals surface area contributed by atoms with E-state index in [0.29, 0.717) is 30.7 Å². The average Bonchev–Trinajstić information content (AvgIpc) is 3.28. The van der Waals surface area contributed by atoms with Crippen LogP contribution in [-0.4, -0.2) is 15.2 Å². The third-order valence-corrected chi connectivity index (χ3v) is 6.55. The number of anilines is 1. The van der Waals surface area contributed by atoms with Gasteiger partial charge in [0.1, 0.15) is 11.5 Å². The lowest BCUT2D eigenvalue weighted by atomic mass is 10.1. The Kier molecular flexibility index (Phi) is 6.09. The molecule has 4 rings (SSSR count). The minimum atomic E-state index is -0.536. The number of furan rings is 1. The first-order valence-electron chi connectivity index (χ1n) is 8.52. The zero-order valence-corrected chi connectivity index (χ0v) is 19.1. The van der Waals surface area contributed by atoms with Gasteiger partial charge in [-0.3, -0.25) is 19.8 Å². The van der Waals surface area contributed by atoms with Gasteiger partial charge in [0, 0.05) is 17.2 Å². The summed E-state index contributed by atoms with van der Waals surface area (Å²) in [5, 5.41) is 12.2. The maximum Gasteiger partial charge on any atom is 0.281 e. The molecule has 0 saturated carbocycles. The van der Waals surface area contributed by atoms with Gasteiger partial charge in [-0.1, -0.05) is 58.8 Å². The second kappa shape index (κ2) is 8.64. The summed E-state index contributed by atoms with van der Waals surface area (Å²) in [5.41, 5.74) is 0.592. The molecule has 1 aliphatic rings. The van der Waals surface area contributed by atoms with Crippen molar-refractivity contribution in [2.45, 2.75) is 0 Å². The zero-order valence-electron chi connectivity index (χ0n) is 15.2. The Morgan fingerprint density at radius 3 is 2.55 bits per heavy atom. The van der Waals surface area contributed by atoms with Gasteiger partial charge in [0.15, 0.2) is 4.32 Å². The van der Waals surface area contributed by atoms with E-state index in [1.165, 1.54) is 29.2 Å². The van der Waals surface area contributed by atoms with Crippen molar-refractivity contribution >= 4 is 86.5 Å². The standard InChI is InChI=1S/C20H9Cl3N2O4S2/c21-10-1-4-13(16(7-10)25(27)28)17-6-3-12(29-17)9-18-19(26)24(20(30)31-18)11-2-5-14(22)15(23)8-11/h1-9H/b18-9-. The van der Waals surface area contributed by atoms with Crippen LogP contribution in [0.2, 0.25) is 15.1 Å². The van der Waals surface area contributed by atoms with Gasteiger partial charge in [0.2, 0.25) is 0 Å². The predicted octanol–water partition coefficient (Wildman–Crippen LogP) is 7.22. The van der Waals surface area contributed by atoms with Crippen molar-refractivity contribution < 1.29 is 14.1 Å². The number of carbonyl (C=O) groups excluding carboxylic acids is 1. The number of nitro benzene ring substituents is 1. The Morgan fingerprint density at radius 2 is 1.84 bits per heavy atom. The maximum atomic E-state index is 12.9. The summed E-state index contributed by atoms with van der Waals surface area (Å²) in [6, 6.07) is 12.3. The minimum absolute atomic E-state index is 0.181. The van der Waals surface area contributed by atoms with Crippen LogP contribution in [0.15, 0.2) is 57.9 Å². The second-order valence-corrected chi connectivity index (χ2v) is 9.16. The molecule has 0 radical (unpaired) electrons. The van der Waals surface area contributed by atoms with Gasteiger partial charge in [0.25, 0.3) is 11.6 Å². The van der Waals surface area contributed by atoms with Gasteiger partial charge in [-0.2, -0.15) is 0 Å². The molecule has 156 valence electrons. The van der Waals surface area contributed by atoms with E-state index in [2.05, 4.69) is 0 Å². The van der Waals surface area contributed by atoms with Crippen LogP contribution in [0.25, 0.3) is 17.4 Å². The molecule has 1 aliphatic heterocycles. The molecule has 0 spiro atoms. The van der Waals surface area contributed by atoms with Gasteiger partial charge >= 0.3 is 0 Å². The number of nitrogens with zero attached hydrogens (tertiary/aromatic N) is 2. The first-order chi connectivity index (χ1) is 14.7. The SMILES string of the molecule is O=C1/C(=C/c2ccc(-c3ccc(Cl)cc3[N+](=O)[O-])o2)SC(=S)N1c1ccc(Cl)c(Cl)c1. The Labute approximate surface area is 200 Å². The molecular formula is C20H9Cl3N2O4S2. The number of carbonyl (C=O) groups is 1. The Morgan fingerprint density at radius 1 is 1.06 bits per heavy atom. The monoisotopic (exact) mass is 510 g/mol. The number of thioether (sulfide) groups is 1. The van der Waals surface area contributed by atoms with Crippen LogP contribution in [0, 0.1) is 10.1 Å². The smallest absolute Gasteiger partial charge is 0.281 e. The normalized spacial score (nSPS) is 15.2. The number of hydrogen-bond donors (Lipinski definition) is 0. The molecular weight excluding hydrogens is 503 g/mol. The minimum Gasteiger partial charge on any atom is -0.456 e. The Bertz CT molecular complexity index is 1290. The first-order valence-corrected chi connectivity index (χ1v) is 10.9. The number of thiocarbonyl (C=S) groups is 1. The van der Waals surface area contributed by atoms with E-state index in [9.17, 15) is 14.9 Å².